The van der Waals surface area contributed by atoms with Gasteiger partial charge >= 0.3 is 6.09 Å². The van der Waals surface area contributed by atoms with Crippen molar-refractivity contribution in [1.29, 1.82) is 0 Å². The van der Waals surface area contributed by atoms with Crippen LogP contribution >= 0.6 is 46.4 Å². The molecule has 0 aliphatic rings. The van der Waals surface area contributed by atoms with Crippen molar-refractivity contribution < 1.29 is 9.53 Å². The molecule has 0 saturated heterocycles. The van der Waals surface area contributed by atoms with Gasteiger partial charge in [-0.1, -0.05) is 58.5 Å². The van der Waals surface area contributed by atoms with Crippen molar-refractivity contribution in [2.45, 2.75) is 13.3 Å². The molecule has 0 fully saturated rings. The Morgan fingerprint density at radius 2 is 1.61 bits per heavy atom. The second-order valence-electron chi connectivity index (χ2n) is 4.67. The highest BCUT2D eigenvalue weighted by molar-refractivity contribution is 6.48. The highest BCUT2D eigenvalue weighted by atomic mass is 35.5. The number of hydrogen-bond acceptors (Lipinski definition) is 2. The van der Waals surface area contributed by atoms with E-state index in [2.05, 4.69) is 5.32 Å². The minimum atomic E-state index is -0.493. The molecular formula is C16H13Cl4NO2. The van der Waals surface area contributed by atoms with Gasteiger partial charge in [0, 0.05) is 12.1 Å². The minimum Gasteiger partial charge on any atom is -0.450 e. The van der Waals surface area contributed by atoms with E-state index in [1.807, 2.05) is 12.1 Å². The van der Waals surface area contributed by atoms with Gasteiger partial charge in [0.15, 0.2) is 0 Å². The molecule has 122 valence electrons. The van der Waals surface area contributed by atoms with Crippen molar-refractivity contribution in [3.63, 3.8) is 0 Å². The van der Waals surface area contributed by atoms with Crippen LogP contribution in [0.25, 0.3) is 0 Å². The van der Waals surface area contributed by atoms with E-state index in [9.17, 15) is 4.79 Å². The van der Waals surface area contributed by atoms with Crippen LogP contribution in [-0.2, 0) is 11.2 Å². The van der Waals surface area contributed by atoms with Gasteiger partial charge in [0.1, 0.15) is 0 Å². The van der Waals surface area contributed by atoms with Crippen LogP contribution in [0.3, 0.4) is 0 Å². The lowest BCUT2D eigenvalue weighted by atomic mass is 10.0. The number of carbonyl (C=O) groups excluding carboxylic acids is 1. The zero-order valence-corrected chi connectivity index (χ0v) is 15.2. The number of ether oxygens (including phenoxy) is 1. The van der Waals surface area contributed by atoms with Crippen molar-refractivity contribution in [1.82, 2.24) is 0 Å². The monoisotopic (exact) mass is 391 g/mol. The van der Waals surface area contributed by atoms with Crippen molar-refractivity contribution in [3.05, 3.63) is 61.5 Å². The first-order valence-corrected chi connectivity index (χ1v) is 8.28. The maximum absolute atomic E-state index is 11.4. The highest BCUT2D eigenvalue weighted by Gasteiger charge is 2.14. The van der Waals surface area contributed by atoms with Gasteiger partial charge in [0.25, 0.3) is 0 Å². The van der Waals surface area contributed by atoms with Crippen LogP contribution in [0.15, 0.2) is 30.3 Å². The van der Waals surface area contributed by atoms with E-state index in [1.165, 1.54) is 6.07 Å². The van der Waals surface area contributed by atoms with Gasteiger partial charge in [0.2, 0.25) is 0 Å². The maximum Gasteiger partial charge on any atom is 0.411 e. The first kappa shape index (κ1) is 18.2. The standard InChI is InChI=1S/C16H13Cl4NO2/c1-2-23-16(22)21-10-5-3-9(4-6-10)7-11-14(19)12(17)8-13(18)15(11)20/h3-6,8H,2,7H2,1H3,(H,21,22). The van der Waals surface area contributed by atoms with Crippen molar-refractivity contribution in [2.75, 3.05) is 11.9 Å². The Labute approximate surface area is 154 Å². The van der Waals surface area contributed by atoms with Crippen LogP contribution in [0.5, 0.6) is 0 Å². The third-order valence-electron chi connectivity index (χ3n) is 3.06. The highest BCUT2D eigenvalue weighted by Crippen LogP contribution is 2.38. The fraction of sp³-hybridized carbons (Fsp3) is 0.188. The molecule has 0 aliphatic carbocycles. The molecule has 0 aliphatic heterocycles. The van der Waals surface area contributed by atoms with Crippen molar-refractivity contribution in [3.8, 4) is 0 Å². The molecule has 2 aromatic carbocycles. The van der Waals surface area contributed by atoms with Gasteiger partial charge in [-0.15, -0.1) is 0 Å². The van der Waals surface area contributed by atoms with Crippen molar-refractivity contribution in [2.24, 2.45) is 0 Å². The quantitative estimate of drug-likeness (QED) is 0.606. The van der Waals surface area contributed by atoms with Crippen LogP contribution in [0, 0.1) is 0 Å². The first-order valence-electron chi connectivity index (χ1n) is 6.77. The molecule has 3 nitrogen and oxygen atoms in total. The predicted octanol–water partition coefficient (Wildman–Crippen LogP) is 6.46. The number of nitrogens with one attached hydrogen (secondary N) is 1. The average Bonchev–Trinajstić information content (AvgIpc) is 2.51. The molecule has 0 atom stereocenters. The van der Waals surface area contributed by atoms with Gasteiger partial charge in [-0.25, -0.2) is 4.79 Å². The lowest BCUT2D eigenvalue weighted by Crippen LogP contribution is -2.13. The number of benzene rings is 2. The summed E-state index contributed by atoms with van der Waals surface area (Å²) in [6.07, 6.45) is -0.0228. The molecule has 0 aromatic heterocycles. The van der Waals surface area contributed by atoms with Crippen LogP contribution in [0.4, 0.5) is 10.5 Å². The minimum absolute atomic E-state index is 0.316. The zero-order valence-electron chi connectivity index (χ0n) is 12.1. The smallest absolute Gasteiger partial charge is 0.411 e. The summed E-state index contributed by atoms with van der Waals surface area (Å²) < 4.78 is 4.82. The SMILES string of the molecule is CCOC(=O)Nc1ccc(Cc2c(Cl)c(Cl)cc(Cl)c2Cl)cc1. The molecule has 23 heavy (non-hydrogen) atoms. The number of anilines is 1. The first-order chi connectivity index (χ1) is 10.9. The predicted molar refractivity (Wildman–Crippen MR) is 96.4 cm³/mol. The van der Waals surface area contributed by atoms with E-state index < -0.39 is 6.09 Å². The fourth-order valence-corrected chi connectivity index (χ4v) is 2.96. The largest absolute Gasteiger partial charge is 0.450 e. The topological polar surface area (TPSA) is 38.3 Å². The molecule has 2 aromatic rings. The normalized spacial score (nSPS) is 10.5. The molecule has 1 amide bonds. The summed E-state index contributed by atoms with van der Waals surface area (Å²) in [7, 11) is 0. The number of rotatable bonds is 4. The van der Waals surface area contributed by atoms with Crippen LogP contribution < -0.4 is 5.32 Å². The van der Waals surface area contributed by atoms with Crippen LogP contribution in [-0.4, -0.2) is 12.7 Å². The Kier molecular flexibility index (Phi) is 6.42. The molecule has 0 unspecified atom stereocenters. The number of amides is 1. The molecule has 1 N–H and O–H groups in total. The summed E-state index contributed by atoms with van der Waals surface area (Å²) in [6.45, 7) is 2.06. The van der Waals surface area contributed by atoms with Crippen molar-refractivity contribution >= 4 is 58.2 Å². The average molecular weight is 393 g/mol. The number of halogens is 4. The molecule has 0 spiro atoms. The zero-order chi connectivity index (χ0) is 17.0. The van der Waals surface area contributed by atoms with E-state index in [1.54, 1.807) is 19.1 Å². The summed E-state index contributed by atoms with van der Waals surface area (Å²) in [4.78, 5) is 11.4. The van der Waals surface area contributed by atoms with E-state index in [0.29, 0.717) is 44.4 Å². The summed E-state index contributed by atoms with van der Waals surface area (Å²) in [5.41, 5.74) is 2.24. The summed E-state index contributed by atoms with van der Waals surface area (Å²) in [5, 5.41) is 4.10. The Balaban J connectivity index is 2.17. The third kappa shape index (κ3) is 4.67. The fourth-order valence-electron chi connectivity index (χ4n) is 1.97. The second kappa shape index (κ2) is 8.11. The van der Waals surface area contributed by atoms with E-state index in [-0.39, 0.29) is 0 Å². The second-order valence-corrected chi connectivity index (χ2v) is 6.24. The molecular weight excluding hydrogens is 380 g/mol. The summed E-state index contributed by atoms with van der Waals surface area (Å²) in [5.74, 6) is 0. The lowest BCUT2D eigenvalue weighted by Gasteiger charge is -2.11. The van der Waals surface area contributed by atoms with Gasteiger partial charge < -0.3 is 4.74 Å². The maximum atomic E-state index is 11.4. The molecule has 0 bridgehead atoms. The Morgan fingerprint density at radius 3 is 2.13 bits per heavy atom. The Morgan fingerprint density at radius 1 is 1.04 bits per heavy atom. The molecule has 2 rings (SSSR count). The summed E-state index contributed by atoms with van der Waals surface area (Å²) in [6, 6.07) is 8.75. The molecule has 0 radical (unpaired) electrons. The van der Waals surface area contributed by atoms with Gasteiger partial charge in [-0.3, -0.25) is 5.32 Å². The molecule has 0 heterocycles. The van der Waals surface area contributed by atoms with E-state index >= 15 is 0 Å². The van der Waals surface area contributed by atoms with Gasteiger partial charge in [-0.05, 0) is 36.2 Å². The van der Waals surface area contributed by atoms with Crippen LogP contribution in [0.1, 0.15) is 18.1 Å². The van der Waals surface area contributed by atoms with Gasteiger partial charge in [-0.2, -0.15) is 0 Å². The lowest BCUT2D eigenvalue weighted by molar-refractivity contribution is 0.168. The third-order valence-corrected chi connectivity index (χ3v) is 4.71. The van der Waals surface area contributed by atoms with E-state index in [4.69, 9.17) is 51.1 Å². The summed E-state index contributed by atoms with van der Waals surface area (Å²) >= 11 is 24.5. The Bertz CT molecular complexity index is 691. The van der Waals surface area contributed by atoms with E-state index in [0.717, 1.165) is 5.56 Å². The number of hydrogen-bond donors (Lipinski definition) is 1. The van der Waals surface area contributed by atoms with Gasteiger partial charge in [0.05, 0.1) is 26.7 Å². The molecule has 7 heteroatoms. The number of carbonyl (C=O) groups is 1. The van der Waals surface area contributed by atoms with Crippen LogP contribution in [0.2, 0.25) is 20.1 Å². The molecule has 0 saturated carbocycles. The Hall–Kier alpha value is -1.13.